The largest absolute Gasteiger partial charge is 0.393 e. The number of hydrogen-bond donors (Lipinski definition) is 2. The maximum Gasteiger partial charge on any atom is 0.243 e. The van der Waals surface area contributed by atoms with Crippen LogP contribution in [0.3, 0.4) is 0 Å². The van der Waals surface area contributed by atoms with Gasteiger partial charge in [0.1, 0.15) is 0 Å². The first kappa shape index (κ1) is 20.6. The number of piperidine rings is 1. The Hall–Kier alpha value is -1.15. The van der Waals surface area contributed by atoms with E-state index in [0.29, 0.717) is 42.8 Å². The van der Waals surface area contributed by atoms with Gasteiger partial charge in [-0.3, -0.25) is 4.79 Å². The lowest BCUT2D eigenvalue weighted by atomic mass is 9.92. The van der Waals surface area contributed by atoms with Gasteiger partial charge < -0.3 is 10.4 Å². The molecule has 1 heterocycles. The Morgan fingerprint density at radius 3 is 2.63 bits per heavy atom. The molecule has 1 aliphatic carbocycles. The molecule has 1 aromatic rings. The summed E-state index contributed by atoms with van der Waals surface area (Å²) < 4.78 is 27.5. The summed E-state index contributed by atoms with van der Waals surface area (Å²) in [4.78, 5) is 12.9. The highest BCUT2D eigenvalue weighted by Crippen LogP contribution is 2.29. The number of benzene rings is 1. The summed E-state index contributed by atoms with van der Waals surface area (Å²) in [5, 5.41) is 13.1. The second-order valence-corrected chi connectivity index (χ2v) is 9.89. The van der Waals surface area contributed by atoms with Crippen molar-refractivity contribution >= 4 is 27.5 Å². The normalized spacial score (nSPS) is 27.3. The van der Waals surface area contributed by atoms with Crippen LogP contribution in [0.25, 0.3) is 0 Å². The van der Waals surface area contributed by atoms with Gasteiger partial charge in [0.05, 0.1) is 16.9 Å². The fourth-order valence-electron chi connectivity index (χ4n) is 3.92. The molecule has 2 aliphatic rings. The SMILES string of the molecule is Cc1c(Cl)cccc1S(=O)(=O)N1CCCC(C(=O)NC2CCC(O)CC2)C1. The molecule has 0 spiro atoms. The number of sulfonamides is 1. The van der Waals surface area contributed by atoms with Crippen molar-refractivity contribution in [1.82, 2.24) is 9.62 Å². The molecule has 27 heavy (non-hydrogen) atoms. The van der Waals surface area contributed by atoms with Crippen molar-refractivity contribution < 1.29 is 18.3 Å². The first-order chi connectivity index (χ1) is 12.8. The summed E-state index contributed by atoms with van der Waals surface area (Å²) in [7, 11) is -3.69. The molecule has 1 aliphatic heterocycles. The molecule has 6 nitrogen and oxygen atoms in total. The fourth-order valence-corrected chi connectivity index (χ4v) is 5.92. The van der Waals surface area contributed by atoms with Crippen molar-refractivity contribution in [2.45, 2.75) is 62.5 Å². The Balaban J connectivity index is 1.68. The topological polar surface area (TPSA) is 86.7 Å². The number of halogens is 1. The van der Waals surface area contributed by atoms with E-state index in [4.69, 9.17) is 11.6 Å². The average Bonchev–Trinajstić information content (AvgIpc) is 2.65. The zero-order valence-corrected chi connectivity index (χ0v) is 17.1. The Kier molecular flexibility index (Phi) is 6.46. The lowest BCUT2D eigenvalue weighted by Gasteiger charge is -2.33. The van der Waals surface area contributed by atoms with Crippen LogP contribution in [0, 0.1) is 12.8 Å². The Morgan fingerprint density at radius 1 is 1.22 bits per heavy atom. The number of rotatable bonds is 4. The number of aliphatic hydroxyl groups is 1. The number of aliphatic hydroxyl groups excluding tert-OH is 1. The van der Waals surface area contributed by atoms with Gasteiger partial charge in [-0.05, 0) is 63.1 Å². The second kappa shape index (κ2) is 8.47. The number of carbonyl (C=O) groups is 1. The van der Waals surface area contributed by atoms with Gasteiger partial charge in [0.15, 0.2) is 0 Å². The van der Waals surface area contributed by atoms with Gasteiger partial charge in [0.2, 0.25) is 15.9 Å². The molecular formula is C19H27ClN2O4S. The van der Waals surface area contributed by atoms with E-state index < -0.39 is 10.0 Å². The molecule has 150 valence electrons. The lowest BCUT2D eigenvalue weighted by Crippen LogP contribution is -2.48. The average molecular weight is 415 g/mol. The molecule has 2 fully saturated rings. The highest BCUT2D eigenvalue weighted by molar-refractivity contribution is 7.89. The number of hydrogen-bond acceptors (Lipinski definition) is 4. The molecule has 0 aromatic heterocycles. The fraction of sp³-hybridized carbons (Fsp3) is 0.632. The lowest BCUT2D eigenvalue weighted by molar-refractivity contribution is -0.127. The van der Waals surface area contributed by atoms with E-state index in [2.05, 4.69) is 5.32 Å². The molecule has 3 rings (SSSR count). The monoisotopic (exact) mass is 414 g/mol. The number of amides is 1. The van der Waals surface area contributed by atoms with Gasteiger partial charge in [-0.15, -0.1) is 0 Å². The maximum atomic E-state index is 13.1. The van der Waals surface area contributed by atoms with Crippen LogP contribution < -0.4 is 5.32 Å². The number of nitrogens with zero attached hydrogens (tertiary/aromatic N) is 1. The zero-order chi connectivity index (χ0) is 19.6. The third-order valence-corrected chi connectivity index (χ3v) is 8.05. The van der Waals surface area contributed by atoms with Crippen molar-refractivity contribution in [3.63, 3.8) is 0 Å². The third-order valence-electron chi connectivity index (χ3n) is 5.63. The Bertz CT molecular complexity index is 791. The highest BCUT2D eigenvalue weighted by atomic mass is 35.5. The summed E-state index contributed by atoms with van der Waals surface area (Å²) in [5.41, 5.74) is 0.534. The third kappa shape index (κ3) is 4.65. The maximum absolute atomic E-state index is 13.1. The quantitative estimate of drug-likeness (QED) is 0.792. The van der Waals surface area contributed by atoms with E-state index in [1.807, 2.05) is 0 Å². The molecule has 2 N–H and O–H groups in total. The van der Waals surface area contributed by atoms with Crippen LogP contribution in [0.2, 0.25) is 5.02 Å². The van der Waals surface area contributed by atoms with E-state index in [1.165, 1.54) is 4.31 Å². The molecule has 1 amide bonds. The molecule has 1 aromatic carbocycles. The molecule has 0 bridgehead atoms. The van der Waals surface area contributed by atoms with Crippen molar-refractivity contribution in [3.8, 4) is 0 Å². The van der Waals surface area contributed by atoms with Gasteiger partial charge in [0, 0.05) is 24.2 Å². The van der Waals surface area contributed by atoms with Gasteiger partial charge in [-0.25, -0.2) is 8.42 Å². The van der Waals surface area contributed by atoms with Crippen molar-refractivity contribution in [3.05, 3.63) is 28.8 Å². The van der Waals surface area contributed by atoms with Gasteiger partial charge >= 0.3 is 0 Å². The van der Waals surface area contributed by atoms with Crippen LogP contribution in [0.15, 0.2) is 23.1 Å². The summed E-state index contributed by atoms with van der Waals surface area (Å²) in [6.07, 6.45) is 4.00. The van der Waals surface area contributed by atoms with Gasteiger partial charge in [-0.1, -0.05) is 17.7 Å². The van der Waals surface area contributed by atoms with E-state index in [-0.39, 0.29) is 35.4 Å². The minimum Gasteiger partial charge on any atom is -0.393 e. The van der Waals surface area contributed by atoms with E-state index in [9.17, 15) is 18.3 Å². The first-order valence-corrected chi connectivity index (χ1v) is 11.3. The standard InChI is InChI=1S/C19H27ClN2O4S/c1-13-17(20)5-2-6-18(13)27(25,26)22-11-3-4-14(12-22)19(24)21-15-7-9-16(23)10-8-15/h2,5-6,14-16,23H,3-4,7-12H2,1H3,(H,21,24). The zero-order valence-electron chi connectivity index (χ0n) is 15.5. The number of nitrogens with one attached hydrogen (secondary N) is 1. The number of carbonyl (C=O) groups excluding carboxylic acids is 1. The smallest absolute Gasteiger partial charge is 0.243 e. The summed E-state index contributed by atoms with van der Waals surface area (Å²) >= 11 is 6.09. The minimum atomic E-state index is -3.69. The second-order valence-electron chi connectivity index (χ2n) is 7.58. The van der Waals surface area contributed by atoms with Crippen LogP contribution >= 0.6 is 11.6 Å². The molecule has 1 unspecified atom stereocenters. The van der Waals surface area contributed by atoms with Crippen LogP contribution in [0.5, 0.6) is 0 Å². The van der Waals surface area contributed by atoms with Gasteiger partial charge in [0.25, 0.3) is 0 Å². The van der Waals surface area contributed by atoms with Gasteiger partial charge in [-0.2, -0.15) is 4.31 Å². The summed E-state index contributed by atoms with van der Waals surface area (Å²) in [5.74, 6) is -0.432. The molecule has 1 atom stereocenters. The first-order valence-electron chi connectivity index (χ1n) is 9.52. The predicted molar refractivity (Wildman–Crippen MR) is 104 cm³/mol. The van der Waals surface area contributed by atoms with E-state index in [0.717, 1.165) is 12.8 Å². The van der Waals surface area contributed by atoms with Crippen LogP contribution in [0.1, 0.15) is 44.1 Å². The van der Waals surface area contributed by atoms with Crippen molar-refractivity contribution in [2.75, 3.05) is 13.1 Å². The van der Waals surface area contributed by atoms with E-state index in [1.54, 1.807) is 25.1 Å². The molecule has 8 heteroatoms. The predicted octanol–water partition coefficient (Wildman–Crippen LogP) is 2.47. The van der Waals surface area contributed by atoms with Crippen LogP contribution in [-0.2, 0) is 14.8 Å². The molecule has 0 radical (unpaired) electrons. The Labute approximate surface area is 165 Å². The van der Waals surface area contributed by atoms with E-state index >= 15 is 0 Å². The molecule has 1 saturated heterocycles. The summed E-state index contributed by atoms with van der Waals surface area (Å²) in [6, 6.07) is 4.94. The van der Waals surface area contributed by atoms with Crippen LogP contribution in [-0.4, -0.2) is 49.0 Å². The molecular weight excluding hydrogens is 388 g/mol. The summed E-state index contributed by atoms with van der Waals surface area (Å²) in [6.45, 7) is 2.30. The van der Waals surface area contributed by atoms with Crippen molar-refractivity contribution in [2.24, 2.45) is 5.92 Å². The minimum absolute atomic E-state index is 0.0723. The van der Waals surface area contributed by atoms with Crippen molar-refractivity contribution in [1.29, 1.82) is 0 Å². The Morgan fingerprint density at radius 2 is 1.93 bits per heavy atom. The van der Waals surface area contributed by atoms with Crippen LogP contribution in [0.4, 0.5) is 0 Å². The highest BCUT2D eigenvalue weighted by Gasteiger charge is 2.35. The molecule has 1 saturated carbocycles.